The van der Waals surface area contributed by atoms with Crippen LogP contribution in [0.15, 0.2) is 12.2 Å². The highest BCUT2D eigenvalue weighted by Crippen LogP contribution is 2.53. The topological polar surface area (TPSA) is 26.3 Å². The summed E-state index contributed by atoms with van der Waals surface area (Å²) in [5, 5.41) is 0. The lowest BCUT2D eigenvalue weighted by Crippen LogP contribution is -2.40. The predicted octanol–water partition coefficient (Wildman–Crippen LogP) is 4.24. The van der Waals surface area contributed by atoms with Crippen molar-refractivity contribution < 1.29 is 9.53 Å². The van der Waals surface area contributed by atoms with Crippen LogP contribution in [-0.2, 0) is 9.53 Å². The van der Waals surface area contributed by atoms with Crippen molar-refractivity contribution in [3.8, 4) is 0 Å². The highest BCUT2D eigenvalue weighted by molar-refractivity contribution is 5.87. The SMILES string of the molecule is C=C(C)C(=O)OC1(C2CCCC2)CCC(C)(C)C1. The zero-order valence-corrected chi connectivity index (χ0v) is 12.1. The van der Waals surface area contributed by atoms with Crippen LogP contribution < -0.4 is 0 Å². The monoisotopic (exact) mass is 250 g/mol. The van der Waals surface area contributed by atoms with Crippen LogP contribution >= 0.6 is 0 Å². The Labute approximate surface area is 111 Å². The molecule has 102 valence electrons. The first-order valence-electron chi connectivity index (χ1n) is 7.24. The summed E-state index contributed by atoms with van der Waals surface area (Å²) >= 11 is 0. The molecule has 0 aromatic heterocycles. The molecule has 2 saturated carbocycles. The standard InChI is InChI=1S/C16H26O2/c1-12(2)14(17)18-16(13-7-5-6-8-13)10-9-15(3,4)11-16/h13H,1,5-11H2,2-4H3. The van der Waals surface area contributed by atoms with Crippen molar-refractivity contribution in [3.05, 3.63) is 12.2 Å². The first kappa shape index (κ1) is 13.6. The maximum atomic E-state index is 11.9. The molecular weight excluding hydrogens is 224 g/mol. The van der Waals surface area contributed by atoms with Gasteiger partial charge in [0.15, 0.2) is 0 Å². The normalized spacial score (nSPS) is 31.5. The second-order valence-electron chi connectivity index (χ2n) is 7.06. The van der Waals surface area contributed by atoms with E-state index < -0.39 is 0 Å². The molecule has 2 heteroatoms. The maximum Gasteiger partial charge on any atom is 0.333 e. The van der Waals surface area contributed by atoms with Crippen LogP contribution in [0.4, 0.5) is 0 Å². The van der Waals surface area contributed by atoms with Gasteiger partial charge in [-0.15, -0.1) is 0 Å². The predicted molar refractivity (Wildman–Crippen MR) is 73.2 cm³/mol. The summed E-state index contributed by atoms with van der Waals surface area (Å²) in [5.41, 5.74) is 0.630. The van der Waals surface area contributed by atoms with Crippen LogP contribution in [0.25, 0.3) is 0 Å². The summed E-state index contributed by atoms with van der Waals surface area (Å²) in [4.78, 5) is 11.9. The van der Waals surface area contributed by atoms with E-state index in [1.807, 2.05) is 0 Å². The van der Waals surface area contributed by atoms with Crippen molar-refractivity contribution in [2.45, 2.75) is 71.3 Å². The number of ether oxygens (including phenoxy) is 1. The number of rotatable bonds is 3. The third kappa shape index (κ3) is 2.62. The fourth-order valence-corrected chi connectivity index (χ4v) is 3.78. The van der Waals surface area contributed by atoms with Crippen molar-refractivity contribution in [2.75, 3.05) is 0 Å². The Balaban J connectivity index is 2.18. The zero-order chi connectivity index (χ0) is 13.4. The largest absolute Gasteiger partial charge is 0.455 e. The molecule has 1 atom stereocenters. The Kier molecular flexibility index (Phi) is 3.57. The van der Waals surface area contributed by atoms with Crippen molar-refractivity contribution in [3.63, 3.8) is 0 Å². The molecule has 0 aromatic rings. The van der Waals surface area contributed by atoms with E-state index in [9.17, 15) is 4.79 Å². The average molecular weight is 250 g/mol. The molecule has 2 fully saturated rings. The molecule has 2 aliphatic carbocycles. The number of hydrogen-bond acceptors (Lipinski definition) is 2. The van der Waals surface area contributed by atoms with E-state index in [0.29, 0.717) is 16.9 Å². The second kappa shape index (κ2) is 4.71. The molecule has 0 N–H and O–H groups in total. The molecule has 0 bridgehead atoms. The third-order valence-electron chi connectivity index (χ3n) is 4.75. The summed E-state index contributed by atoms with van der Waals surface area (Å²) in [6.07, 6.45) is 8.23. The summed E-state index contributed by atoms with van der Waals surface area (Å²) in [5.74, 6) is 0.377. The Morgan fingerprint density at radius 3 is 2.28 bits per heavy atom. The van der Waals surface area contributed by atoms with Crippen LogP contribution in [0, 0.1) is 11.3 Å². The van der Waals surface area contributed by atoms with Gasteiger partial charge >= 0.3 is 5.97 Å². The molecule has 1 unspecified atom stereocenters. The van der Waals surface area contributed by atoms with E-state index >= 15 is 0 Å². The third-order valence-corrected chi connectivity index (χ3v) is 4.75. The second-order valence-corrected chi connectivity index (χ2v) is 7.06. The molecule has 2 nitrogen and oxygen atoms in total. The molecular formula is C16H26O2. The number of carbonyl (C=O) groups excluding carboxylic acids is 1. The minimum absolute atomic E-state index is 0.195. The first-order chi connectivity index (χ1) is 8.35. The highest BCUT2D eigenvalue weighted by Gasteiger charge is 2.51. The molecule has 0 radical (unpaired) electrons. The van der Waals surface area contributed by atoms with Gasteiger partial charge in [-0.3, -0.25) is 0 Å². The van der Waals surface area contributed by atoms with Gasteiger partial charge in [0.2, 0.25) is 0 Å². The lowest BCUT2D eigenvalue weighted by atomic mass is 9.80. The zero-order valence-electron chi connectivity index (χ0n) is 12.1. The van der Waals surface area contributed by atoms with Crippen molar-refractivity contribution >= 4 is 5.97 Å². The molecule has 0 aliphatic heterocycles. The minimum atomic E-state index is -0.198. The smallest absolute Gasteiger partial charge is 0.333 e. The lowest BCUT2D eigenvalue weighted by molar-refractivity contribution is -0.161. The van der Waals surface area contributed by atoms with Crippen LogP contribution in [0.2, 0.25) is 0 Å². The Hall–Kier alpha value is -0.790. The average Bonchev–Trinajstić information content (AvgIpc) is 2.86. The van der Waals surface area contributed by atoms with E-state index in [1.54, 1.807) is 6.92 Å². The van der Waals surface area contributed by atoms with Crippen LogP contribution in [-0.4, -0.2) is 11.6 Å². The molecule has 18 heavy (non-hydrogen) atoms. The first-order valence-corrected chi connectivity index (χ1v) is 7.24. The van der Waals surface area contributed by atoms with Gasteiger partial charge in [0, 0.05) is 5.57 Å². The van der Waals surface area contributed by atoms with E-state index in [1.165, 1.54) is 25.7 Å². The molecule has 0 amide bonds. The lowest BCUT2D eigenvalue weighted by Gasteiger charge is -2.36. The van der Waals surface area contributed by atoms with Gasteiger partial charge in [-0.05, 0) is 50.4 Å². The van der Waals surface area contributed by atoms with Crippen LogP contribution in [0.1, 0.15) is 65.7 Å². The van der Waals surface area contributed by atoms with Gasteiger partial charge in [-0.1, -0.05) is 33.3 Å². The summed E-state index contributed by atoms with van der Waals surface area (Å²) in [6.45, 7) is 10.0. The Morgan fingerprint density at radius 2 is 1.83 bits per heavy atom. The quantitative estimate of drug-likeness (QED) is 0.553. The van der Waals surface area contributed by atoms with Crippen LogP contribution in [0.5, 0.6) is 0 Å². The number of hydrogen-bond donors (Lipinski definition) is 0. The van der Waals surface area contributed by atoms with E-state index in [-0.39, 0.29) is 11.6 Å². The molecule has 2 rings (SSSR count). The molecule has 0 spiro atoms. The summed E-state index contributed by atoms with van der Waals surface area (Å²) in [7, 11) is 0. The van der Waals surface area contributed by atoms with E-state index in [0.717, 1.165) is 19.3 Å². The van der Waals surface area contributed by atoms with Crippen LogP contribution in [0.3, 0.4) is 0 Å². The van der Waals surface area contributed by atoms with E-state index in [4.69, 9.17) is 4.74 Å². The van der Waals surface area contributed by atoms with Gasteiger partial charge in [0.05, 0.1) is 0 Å². The van der Waals surface area contributed by atoms with Gasteiger partial charge < -0.3 is 4.74 Å². The van der Waals surface area contributed by atoms with Gasteiger partial charge in [0.25, 0.3) is 0 Å². The summed E-state index contributed by atoms with van der Waals surface area (Å²) < 4.78 is 5.94. The number of esters is 1. The highest BCUT2D eigenvalue weighted by atomic mass is 16.6. The number of carbonyl (C=O) groups is 1. The van der Waals surface area contributed by atoms with Gasteiger partial charge in [-0.2, -0.15) is 0 Å². The Bertz CT molecular complexity index is 350. The molecule has 0 heterocycles. The van der Waals surface area contributed by atoms with E-state index in [2.05, 4.69) is 20.4 Å². The molecule has 0 saturated heterocycles. The fraction of sp³-hybridized carbons (Fsp3) is 0.812. The Morgan fingerprint density at radius 1 is 1.22 bits per heavy atom. The van der Waals surface area contributed by atoms with Gasteiger partial charge in [-0.25, -0.2) is 4.79 Å². The van der Waals surface area contributed by atoms with Crippen molar-refractivity contribution in [2.24, 2.45) is 11.3 Å². The van der Waals surface area contributed by atoms with Crippen molar-refractivity contribution in [1.29, 1.82) is 0 Å². The molecule has 0 aromatic carbocycles. The maximum absolute atomic E-state index is 11.9. The minimum Gasteiger partial charge on any atom is -0.455 e. The molecule has 2 aliphatic rings. The van der Waals surface area contributed by atoms with Gasteiger partial charge in [0.1, 0.15) is 5.60 Å². The fourth-order valence-electron chi connectivity index (χ4n) is 3.78. The summed E-state index contributed by atoms with van der Waals surface area (Å²) in [6, 6.07) is 0. The van der Waals surface area contributed by atoms with Crippen molar-refractivity contribution in [1.82, 2.24) is 0 Å².